The van der Waals surface area contributed by atoms with Crippen LogP contribution in [0.4, 0.5) is 10.1 Å². The van der Waals surface area contributed by atoms with Gasteiger partial charge in [-0.25, -0.2) is 17.6 Å². The fraction of sp³-hybridized carbons (Fsp3) is 0.364. The van der Waals surface area contributed by atoms with Gasteiger partial charge in [-0.1, -0.05) is 6.92 Å². The van der Waals surface area contributed by atoms with Gasteiger partial charge in [-0.15, -0.1) is 0 Å². The van der Waals surface area contributed by atoms with Crippen LogP contribution in [0.3, 0.4) is 0 Å². The summed E-state index contributed by atoms with van der Waals surface area (Å²) in [7, 11) is -3.18. The van der Waals surface area contributed by atoms with Crippen molar-refractivity contribution in [1.29, 1.82) is 0 Å². The molecule has 0 bridgehead atoms. The van der Waals surface area contributed by atoms with Crippen molar-refractivity contribution >= 4 is 21.5 Å². The number of nitrogen functional groups attached to an aromatic ring is 1. The number of benzene rings is 1. The summed E-state index contributed by atoms with van der Waals surface area (Å²) in [6.07, 6.45) is 0. The Morgan fingerprint density at radius 2 is 2.11 bits per heavy atom. The monoisotopic (exact) mass is 275 g/mol. The van der Waals surface area contributed by atoms with E-state index < -0.39 is 21.6 Å². The van der Waals surface area contributed by atoms with Crippen molar-refractivity contribution < 1.29 is 22.3 Å². The SMILES string of the molecule is CCS(=O)(=O)CCOC(=O)c1ccc(N)c(F)c1. The first-order valence-electron chi connectivity index (χ1n) is 5.28. The first kappa shape index (κ1) is 14.4. The predicted octanol–water partition coefficient (Wildman–Crippen LogP) is 0.999. The van der Waals surface area contributed by atoms with Gasteiger partial charge in [0.05, 0.1) is 17.0 Å². The molecule has 0 unspecified atom stereocenters. The molecule has 1 rings (SSSR count). The van der Waals surface area contributed by atoms with Crippen molar-refractivity contribution in [2.45, 2.75) is 6.92 Å². The van der Waals surface area contributed by atoms with Gasteiger partial charge in [-0.3, -0.25) is 0 Å². The van der Waals surface area contributed by atoms with E-state index in [0.717, 1.165) is 6.07 Å². The maximum atomic E-state index is 13.1. The Morgan fingerprint density at radius 1 is 1.44 bits per heavy atom. The van der Waals surface area contributed by atoms with Gasteiger partial charge in [0.1, 0.15) is 12.4 Å². The zero-order valence-corrected chi connectivity index (χ0v) is 10.7. The average molecular weight is 275 g/mol. The van der Waals surface area contributed by atoms with E-state index in [9.17, 15) is 17.6 Å². The van der Waals surface area contributed by atoms with Gasteiger partial charge < -0.3 is 10.5 Å². The molecule has 1 aromatic carbocycles. The van der Waals surface area contributed by atoms with E-state index in [1.807, 2.05) is 0 Å². The fourth-order valence-corrected chi connectivity index (χ4v) is 1.77. The van der Waals surface area contributed by atoms with Crippen LogP contribution >= 0.6 is 0 Å². The zero-order valence-electron chi connectivity index (χ0n) is 9.85. The Labute approximate surface area is 105 Å². The minimum atomic E-state index is -3.18. The largest absolute Gasteiger partial charge is 0.461 e. The first-order valence-corrected chi connectivity index (χ1v) is 7.10. The Morgan fingerprint density at radius 3 is 2.67 bits per heavy atom. The lowest BCUT2D eigenvalue weighted by Crippen LogP contribution is -2.17. The summed E-state index contributed by atoms with van der Waals surface area (Å²) in [5, 5.41) is 0. The molecular formula is C11H14FNO4S. The molecule has 0 amide bonds. The maximum Gasteiger partial charge on any atom is 0.338 e. The third-order valence-corrected chi connectivity index (χ3v) is 3.97. The van der Waals surface area contributed by atoms with Crippen molar-refractivity contribution in [2.75, 3.05) is 23.8 Å². The number of esters is 1. The molecule has 0 saturated carbocycles. The summed E-state index contributed by atoms with van der Waals surface area (Å²) in [6, 6.07) is 3.51. The number of ether oxygens (including phenoxy) is 1. The van der Waals surface area contributed by atoms with E-state index in [1.54, 1.807) is 0 Å². The number of anilines is 1. The predicted molar refractivity (Wildman–Crippen MR) is 65.4 cm³/mol. The van der Waals surface area contributed by atoms with E-state index >= 15 is 0 Å². The summed E-state index contributed by atoms with van der Waals surface area (Å²) in [4.78, 5) is 11.5. The zero-order chi connectivity index (χ0) is 13.8. The number of hydrogen-bond donors (Lipinski definition) is 1. The van der Waals surface area contributed by atoms with Crippen LogP contribution in [0.1, 0.15) is 17.3 Å². The lowest BCUT2D eigenvalue weighted by Gasteiger charge is -2.05. The quantitative estimate of drug-likeness (QED) is 0.640. The highest BCUT2D eigenvalue weighted by molar-refractivity contribution is 7.91. The van der Waals surface area contributed by atoms with Crippen LogP contribution in [-0.4, -0.2) is 32.5 Å². The van der Waals surface area contributed by atoms with Gasteiger partial charge in [-0.2, -0.15) is 0 Å². The lowest BCUT2D eigenvalue weighted by atomic mass is 10.2. The molecule has 2 N–H and O–H groups in total. The number of nitrogens with two attached hydrogens (primary N) is 1. The number of sulfone groups is 1. The normalized spacial score (nSPS) is 11.2. The molecule has 18 heavy (non-hydrogen) atoms. The first-order chi connectivity index (χ1) is 8.35. The molecule has 100 valence electrons. The minimum Gasteiger partial charge on any atom is -0.461 e. The highest BCUT2D eigenvalue weighted by Crippen LogP contribution is 2.12. The summed E-state index contributed by atoms with van der Waals surface area (Å²) < 4.78 is 40.1. The second kappa shape index (κ2) is 5.81. The van der Waals surface area contributed by atoms with Crippen molar-refractivity contribution in [1.82, 2.24) is 0 Å². The fourth-order valence-electron chi connectivity index (χ4n) is 1.14. The molecule has 0 aliphatic rings. The number of halogens is 1. The number of rotatable bonds is 5. The Hall–Kier alpha value is -1.63. The van der Waals surface area contributed by atoms with E-state index in [-0.39, 0.29) is 29.4 Å². The Bertz CT molecular complexity index is 542. The van der Waals surface area contributed by atoms with E-state index in [1.165, 1.54) is 19.1 Å². The summed E-state index contributed by atoms with van der Waals surface area (Å²) in [5.74, 6) is -1.75. The summed E-state index contributed by atoms with van der Waals surface area (Å²) in [5.41, 5.74) is 5.18. The summed E-state index contributed by atoms with van der Waals surface area (Å²) >= 11 is 0. The van der Waals surface area contributed by atoms with Crippen molar-refractivity contribution in [3.8, 4) is 0 Å². The molecule has 0 heterocycles. The molecule has 5 nitrogen and oxygen atoms in total. The highest BCUT2D eigenvalue weighted by atomic mass is 32.2. The van der Waals surface area contributed by atoms with Gasteiger partial charge in [-0.05, 0) is 18.2 Å². The van der Waals surface area contributed by atoms with Gasteiger partial charge >= 0.3 is 5.97 Å². The highest BCUT2D eigenvalue weighted by Gasteiger charge is 2.12. The van der Waals surface area contributed by atoms with Crippen molar-refractivity contribution in [3.63, 3.8) is 0 Å². The number of carbonyl (C=O) groups excluding carboxylic acids is 1. The Balaban J connectivity index is 2.58. The summed E-state index contributed by atoms with van der Waals surface area (Å²) in [6.45, 7) is 1.26. The minimum absolute atomic E-state index is 0.00408. The third-order valence-electron chi connectivity index (χ3n) is 2.30. The number of carbonyl (C=O) groups is 1. The molecule has 7 heteroatoms. The van der Waals surface area contributed by atoms with Gasteiger partial charge in [0, 0.05) is 5.75 Å². The molecule has 0 aromatic heterocycles. The molecule has 0 fully saturated rings. The van der Waals surface area contributed by atoms with Crippen LogP contribution in [0.5, 0.6) is 0 Å². The van der Waals surface area contributed by atoms with E-state index in [2.05, 4.69) is 0 Å². The van der Waals surface area contributed by atoms with E-state index in [0.29, 0.717) is 0 Å². The van der Waals surface area contributed by atoms with Crippen molar-refractivity contribution in [3.05, 3.63) is 29.6 Å². The molecule has 0 atom stereocenters. The molecule has 0 spiro atoms. The molecule has 0 aliphatic heterocycles. The van der Waals surface area contributed by atoms with Gasteiger partial charge in [0.15, 0.2) is 9.84 Å². The van der Waals surface area contributed by atoms with Crippen molar-refractivity contribution in [2.24, 2.45) is 0 Å². The van der Waals surface area contributed by atoms with Crippen LogP contribution in [-0.2, 0) is 14.6 Å². The topological polar surface area (TPSA) is 86.5 Å². The Kier molecular flexibility index (Phi) is 4.66. The molecule has 1 aromatic rings. The molecule has 0 saturated heterocycles. The molecular weight excluding hydrogens is 261 g/mol. The smallest absolute Gasteiger partial charge is 0.338 e. The standard InChI is InChI=1S/C11H14FNO4S/c1-2-18(15,16)6-5-17-11(14)8-3-4-10(13)9(12)7-8/h3-4,7H,2,5-6,13H2,1H3. The molecule has 0 aliphatic carbocycles. The van der Waals surface area contributed by atoms with Crippen LogP contribution < -0.4 is 5.73 Å². The second-order valence-electron chi connectivity index (χ2n) is 3.61. The second-order valence-corrected chi connectivity index (χ2v) is 6.08. The van der Waals surface area contributed by atoms with Crippen LogP contribution in [0.25, 0.3) is 0 Å². The number of hydrogen-bond acceptors (Lipinski definition) is 5. The maximum absolute atomic E-state index is 13.1. The van der Waals surface area contributed by atoms with Crippen LogP contribution in [0.15, 0.2) is 18.2 Å². The average Bonchev–Trinajstić information content (AvgIpc) is 2.32. The van der Waals surface area contributed by atoms with Gasteiger partial charge in [0.2, 0.25) is 0 Å². The molecule has 0 radical (unpaired) electrons. The van der Waals surface area contributed by atoms with Crippen LogP contribution in [0.2, 0.25) is 0 Å². The van der Waals surface area contributed by atoms with E-state index in [4.69, 9.17) is 10.5 Å². The van der Waals surface area contributed by atoms with Gasteiger partial charge in [0.25, 0.3) is 0 Å². The lowest BCUT2D eigenvalue weighted by molar-refractivity contribution is 0.0528. The third kappa shape index (κ3) is 3.99. The van der Waals surface area contributed by atoms with Crippen LogP contribution in [0, 0.1) is 5.82 Å².